The molecule has 0 saturated carbocycles. The molecule has 688 valence electrons. The normalized spacial score (nSPS) is 7.24. The Hall–Kier alpha value is -5.03. The van der Waals surface area contributed by atoms with Crippen LogP contribution < -0.4 is 0 Å². The van der Waals surface area contributed by atoms with E-state index in [1.165, 1.54) is 213 Å². The summed E-state index contributed by atoms with van der Waals surface area (Å²) >= 11 is 0. The van der Waals surface area contributed by atoms with Crippen molar-refractivity contribution < 1.29 is 181 Å². The van der Waals surface area contributed by atoms with E-state index in [4.69, 9.17) is 33.6 Å². The third kappa shape index (κ3) is 104. The van der Waals surface area contributed by atoms with Gasteiger partial charge in [0.05, 0.1) is 0 Å². The molecule has 0 aliphatic rings. The van der Waals surface area contributed by atoms with Crippen molar-refractivity contribution in [2.45, 2.75) is 298 Å². The molecule has 0 heterocycles. The van der Waals surface area contributed by atoms with Gasteiger partial charge in [0.2, 0.25) is 0 Å². The van der Waals surface area contributed by atoms with Gasteiger partial charge in [-0.05, 0) is 185 Å². The number of hydrogen-bond acceptors (Lipinski definition) is 7. The number of aryl methyl sites for hydroxylation is 14. The molecule has 0 amide bonds. The molecule has 7 nitrogen and oxygen atoms in total. The van der Waals surface area contributed by atoms with Crippen molar-refractivity contribution in [3.8, 4) is 0 Å². The van der Waals surface area contributed by atoms with E-state index in [-0.39, 0.29) is 147 Å². The van der Waals surface area contributed by atoms with Crippen LogP contribution in [0.2, 0.25) is 0 Å². The zero-order chi connectivity index (χ0) is 93.1. The van der Waals surface area contributed by atoms with Crippen LogP contribution in [0.3, 0.4) is 0 Å². The second kappa shape index (κ2) is 142. The fraction of sp³-hybridized carbons (Fsp3) is 0.398. The fourth-order valence-electron chi connectivity index (χ4n) is 8.42. The van der Waals surface area contributed by atoms with Gasteiger partial charge in [-0.1, -0.05) is 404 Å². The summed E-state index contributed by atoms with van der Waals surface area (Å²) in [5.41, 5.74) is 18.9. The van der Waals surface area contributed by atoms with Crippen LogP contribution in [0.25, 0.3) is 43.1 Å². The minimum atomic E-state index is 0. The number of hydrogen-bond donors (Lipinski definition) is 0. The van der Waals surface area contributed by atoms with Gasteiger partial charge < -0.3 is 33.6 Å². The zero-order valence-electron chi connectivity index (χ0n) is 84.0. The SMILES string of the molecule is CC.CC.CC.CC.CC.CC.CC.CC.CC.CC.CC.C[C-]=O.C[C-]=O.C[C-]=O.C[C-]=O.C[C-]=O.C[C-]=O.C[C-]=O.Cc1ccc(C)c2ccccc12.Cc1ccc(C)c2ccccc12.Cc1ccc(C)cc1.Cc1ccc2cc(C)ccc2c1.Cc1cccc(C)c1.Cc1cccc2c(C)cccc12.Cc1ccccc1C.[W].[W].[W].[W].[W].[W].[W]. The van der Waals surface area contributed by atoms with E-state index in [1.54, 1.807) is 0 Å². The summed E-state index contributed by atoms with van der Waals surface area (Å²) in [6.45, 7) is 83.1. The second-order valence-electron chi connectivity index (χ2n) is 20.9. The van der Waals surface area contributed by atoms with E-state index < -0.39 is 0 Å². The summed E-state index contributed by atoms with van der Waals surface area (Å²) in [4.78, 5) is 60.8. The maximum Gasteiger partial charge on any atom is 0 e. The van der Waals surface area contributed by atoms with Crippen LogP contribution in [0.15, 0.2) is 218 Å². The first-order valence-electron chi connectivity index (χ1n) is 41.3. The average Bonchev–Trinajstić information content (AvgIpc) is 0.841. The largest absolute Gasteiger partial charge is 0.542 e. The third-order valence-electron chi connectivity index (χ3n) is 13.0. The molecule has 11 rings (SSSR count). The minimum Gasteiger partial charge on any atom is -0.542 e. The topological polar surface area (TPSA) is 119 Å². The molecule has 0 aliphatic carbocycles. The standard InChI is InChI=1S/4C12H12.3C8H10.7C2H3O.11C2H6.7W/c1-9-3-5-12-8-10(2)4-6-11(12)7-9;1-9-5-3-8-12-10(2)6-4-7-11(9)12;2*1-9-7-8-10(2)12-6-4-3-5-11(9)12;1-7-3-5-8(2)6-4-7;1-7-4-3-5-8(2)6-7;1-7-5-3-4-6-8(7)2;7*1-2-3;11*1-2;;;;;;;/h4*3-8H,1-2H3;3*3-6H,1-2H3;7*1H3;11*1-2H3;;;;;;;/q;;;;;;;7*-1;;;;;;;;;;;;;;;;;;. The van der Waals surface area contributed by atoms with Crippen molar-refractivity contribution in [3.63, 3.8) is 0 Å². The summed E-state index contributed by atoms with van der Waals surface area (Å²) in [6.07, 6.45) is 10.5. The van der Waals surface area contributed by atoms with Gasteiger partial charge in [0.15, 0.2) is 0 Å². The summed E-state index contributed by atoms with van der Waals surface area (Å²) in [5.74, 6) is 0. The smallest absolute Gasteiger partial charge is 0 e. The van der Waals surface area contributed by atoms with Gasteiger partial charge in [0.1, 0.15) is 0 Å². The Balaban J connectivity index is -0.0000000474. The van der Waals surface area contributed by atoms with Crippen molar-refractivity contribution in [2.24, 2.45) is 0 Å². The van der Waals surface area contributed by atoms with E-state index in [0.29, 0.717) is 0 Å². The molecular formula is C108H165O7W7-7. The summed E-state index contributed by atoms with van der Waals surface area (Å²) in [7, 11) is 0. The van der Waals surface area contributed by atoms with E-state index in [9.17, 15) is 0 Å². The van der Waals surface area contributed by atoms with Gasteiger partial charge in [-0.25, -0.2) is 0 Å². The molecule has 11 aromatic rings. The van der Waals surface area contributed by atoms with Gasteiger partial charge in [0.25, 0.3) is 0 Å². The van der Waals surface area contributed by atoms with Crippen LogP contribution in [-0.2, 0) is 181 Å². The Morgan fingerprint density at radius 3 is 0.443 bits per heavy atom. The molecule has 122 heavy (non-hydrogen) atoms. The maximum absolute atomic E-state index is 8.68. The first-order valence-corrected chi connectivity index (χ1v) is 41.3. The number of rotatable bonds is 0. The summed E-state index contributed by atoms with van der Waals surface area (Å²) in [5, 5.41) is 10.9. The monoisotopic (exact) mass is 2860 g/mol. The molecule has 0 saturated heterocycles. The molecule has 0 bridgehead atoms. The summed E-state index contributed by atoms with van der Waals surface area (Å²) in [6, 6.07) is 77.1. The van der Waals surface area contributed by atoms with Crippen molar-refractivity contribution in [3.05, 3.63) is 296 Å². The van der Waals surface area contributed by atoms with Crippen LogP contribution in [0.4, 0.5) is 0 Å². The molecule has 14 heteroatoms. The van der Waals surface area contributed by atoms with Crippen molar-refractivity contribution >= 4 is 87.1 Å². The quantitative estimate of drug-likeness (QED) is 0.139. The molecule has 0 N–H and O–H groups in total. The van der Waals surface area contributed by atoms with Crippen LogP contribution in [-0.4, -0.2) is 44.0 Å². The van der Waals surface area contributed by atoms with Gasteiger partial charge in [-0.2, -0.15) is 48.5 Å². The van der Waals surface area contributed by atoms with Gasteiger partial charge >= 0.3 is 0 Å². The Kier molecular flexibility index (Phi) is 199. The van der Waals surface area contributed by atoms with E-state index in [1.807, 2.05) is 152 Å². The van der Waals surface area contributed by atoms with E-state index in [2.05, 4.69) is 315 Å². The van der Waals surface area contributed by atoms with Crippen molar-refractivity contribution in [1.82, 2.24) is 0 Å². The molecule has 0 unspecified atom stereocenters. The molecule has 0 aromatic heterocycles. The first kappa shape index (κ1) is 171. The van der Waals surface area contributed by atoms with Crippen LogP contribution in [0.1, 0.15) is 279 Å². The Labute approximate surface area is 853 Å². The zero-order valence-corrected chi connectivity index (χ0v) is 105. The number of fused-ring (bicyclic) bond motifs is 4. The molecule has 11 aromatic carbocycles. The van der Waals surface area contributed by atoms with E-state index in [0.717, 1.165) is 0 Å². The molecule has 0 fully saturated rings. The first-order chi connectivity index (χ1) is 55.4. The summed E-state index contributed by atoms with van der Waals surface area (Å²) < 4.78 is 0. The van der Waals surface area contributed by atoms with Crippen LogP contribution >= 0.6 is 0 Å². The Morgan fingerprint density at radius 1 is 0.148 bits per heavy atom. The molecular weight excluding hydrogens is 2700 g/mol. The maximum atomic E-state index is 8.68. The van der Waals surface area contributed by atoms with Gasteiger partial charge in [0, 0.05) is 147 Å². The van der Waals surface area contributed by atoms with Crippen LogP contribution in [0.5, 0.6) is 0 Å². The van der Waals surface area contributed by atoms with Crippen molar-refractivity contribution in [2.75, 3.05) is 0 Å². The van der Waals surface area contributed by atoms with Crippen molar-refractivity contribution in [1.29, 1.82) is 0 Å². The van der Waals surface area contributed by atoms with Gasteiger partial charge in [-0.15, -0.1) is 0 Å². The molecule has 0 aliphatic heterocycles. The molecule has 0 radical (unpaired) electrons. The van der Waals surface area contributed by atoms with Gasteiger partial charge in [-0.3, -0.25) is 44.0 Å². The second-order valence-corrected chi connectivity index (χ2v) is 20.9. The number of carbonyl (C=O) groups excluding carboxylic acids is 7. The predicted molar refractivity (Wildman–Crippen MR) is 526 cm³/mol. The van der Waals surface area contributed by atoms with E-state index >= 15 is 0 Å². The number of benzene rings is 11. The molecule has 0 spiro atoms. The average molecular weight is 2860 g/mol. The predicted octanol–water partition coefficient (Wildman–Crippen LogP) is 32.8. The Bertz CT molecular complexity index is 3480. The van der Waals surface area contributed by atoms with Crippen LogP contribution in [0, 0.1) is 96.9 Å². The third-order valence-corrected chi connectivity index (χ3v) is 13.0. The Morgan fingerprint density at radius 2 is 0.279 bits per heavy atom. The fourth-order valence-corrected chi connectivity index (χ4v) is 8.42. The molecule has 0 atom stereocenters. The minimum absolute atomic E-state index is 0.